The number of carbonyl (C=O) groups excluding carboxylic acids is 2. The van der Waals surface area contributed by atoms with Crippen LogP contribution in [0.2, 0.25) is 0 Å². The highest BCUT2D eigenvalue weighted by atomic mass is 16.6. The maximum atomic E-state index is 12.6. The molecule has 1 heterocycles. The van der Waals surface area contributed by atoms with Gasteiger partial charge in [-0.1, -0.05) is 6.08 Å². The number of aldehydes is 1. The van der Waals surface area contributed by atoms with Gasteiger partial charge in [-0.2, -0.15) is 5.10 Å². The Kier molecular flexibility index (Phi) is 4.99. The minimum atomic E-state index is -0.933. The molecule has 2 rings (SSSR count). The van der Waals surface area contributed by atoms with Gasteiger partial charge < -0.3 is 10.1 Å². The number of nitrogens with zero attached hydrogens (tertiary/aromatic N) is 3. The summed E-state index contributed by atoms with van der Waals surface area (Å²) >= 11 is 0. The summed E-state index contributed by atoms with van der Waals surface area (Å²) < 4.78 is 0.987. The topological polar surface area (TPSA) is 124 Å². The second-order valence-corrected chi connectivity index (χ2v) is 5.04. The van der Waals surface area contributed by atoms with E-state index in [-0.39, 0.29) is 35.4 Å². The van der Waals surface area contributed by atoms with E-state index < -0.39 is 22.4 Å². The molecule has 23 heavy (non-hydrogen) atoms. The van der Waals surface area contributed by atoms with E-state index in [0.717, 1.165) is 4.68 Å². The summed E-state index contributed by atoms with van der Waals surface area (Å²) in [5.74, 6) is -0.448. The summed E-state index contributed by atoms with van der Waals surface area (Å²) in [6, 6.07) is -0.933. The predicted molar refractivity (Wildman–Crippen MR) is 80.3 cm³/mol. The van der Waals surface area contributed by atoms with Gasteiger partial charge in [-0.25, -0.2) is 4.68 Å². The number of hydrogen-bond acceptors (Lipinski definition) is 6. The molecule has 0 aromatic carbocycles. The number of rotatable bonds is 6. The second-order valence-electron chi connectivity index (χ2n) is 5.04. The van der Waals surface area contributed by atoms with Crippen LogP contribution in [-0.4, -0.2) is 33.9 Å². The predicted octanol–water partition coefficient (Wildman–Crippen LogP) is -1.53. The number of aromatic nitrogens is 2. The van der Waals surface area contributed by atoms with Gasteiger partial charge in [-0.15, -0.1) is 0 Å². The quantitative estimate of drug-likeness (QED) is 0.385. The fourth-order valence-corrected chi connectivity index (χ4v) is 2.56. The first-order chi connectivity index (χ1) is 11.0. The van der Waals surface area contributed by atoms with Crippen molar-refractivity contribution in [3.8, 4) is 0 Å². The highest BCUT2D eigenvalue weighted by molar-refractivity contribution is 5.80. The monoisotopic (exact) mass is 320 g/mol. The van der Waals surface area contributed by atoms with Crippen molar-refractivity contribution >= 4 is 24.0 Å². The van der Waals surface area contributed by atoms with Gasteiger partial charge in [0.2, 0.25) is 5.91 Å². The van der Waals surface area contributed by atoms with Crippen LogP contribution in [0.5, 0.6) is 0 Å². The highest BCUT2D eigenvalue weighted by Gasteiger charge is 2.24. The molecule has 9 heteroatoms. The normalized spacial score (nSPS) is 14.4. The van der Waals surface area contributed by atoms with Crippen LogP contribution in [0, 0.1) is 10.1 Å². The Morgan fingerprint density at radius 1 is 1.61 bits per heavy atom. The van der Waals surface area contributed by atoms with E-state index in [1.54, 1.807) is 6.08 Å². The summed E-state index contributed by atoms with van der Waals surface area (Å²) in [5.41, 5.74) is -0.621. The molecule has 1 unspecified atom stereocenters. The largest absolute Gasteiger partial charge is 0.357 e. The maximum absolute atomic E-state index is 12.6. The summed E-state index contributed by atoms with van der Waals surface area (Å²) in [6.45, 7) is 0. The first kappa shape index (κ1) is 16.5. The molecular weight excluding hydrogens is 304 g/mol. The molecular formula is C14H16N4O5. The van der Waals surface area contributed by atoms with E-state index >= 15 is 0 Å². The summed E-state index contributed by atoms with van der Waals surface area (Å²) in [6.07, 6.45) is 4.34. The lowest BCUT2D eigenvalue weighted by Crippen LogP contribution is -2.51. The van der Waals surface area contributed by atoms with Crippen LogP contribution >= 0.6 is 0 Å². The second kappa shape index (κ2) is 6.95. The van der Waals surface area contributed by atoms with E-state index in [2.05, 4.69) is 10.4 Å². The van der Waals surface area contributed by atoms with Crippen molar-refractivity contribution in [1.29, 1.82) is 0 Å². The van der Waals surface area contributed by atoms with E-state index in [1.165, 1.54) is 13.2 Å². The van der Waals surface area contributed by atoms with Crippen LogP contribution in [0.3, 0.4) is 0 Å². The lowest BCUT2D eigenvalue weighted by molar-refractivity contribution is -0.382. The molecule has 122 valence electrons. The van der Waals surface area contributed by atoms with E-state index in [1.807, 2.05) is 0 Å². The zero-order chi connectivity index (χ0) is 17.0. The van der Waals surface area contributed by atoms with Gasteiger partial charge in [0, 0.05) is 19.9 Å². The molecule has 0 fully saturated rings. The molecule has 1 aliphatic rings. The molecule has 1 aromatic heterocycles. The minimum Gasteiger partial charge on any atom is -0.357 e. The lowest BCUT2D eigenvalue weighted by atomic mass is 10.1. The Hall–Kier alpha value is -2.84. The molecule has 0 saturated carbocycles. The van der Waals surface area contributed by atoms with Crippen molar-refractivity contribution in [2.75, 3.05) is 7.05 Å². The van der Waals surface area contributed by atoms with Gasteiger partial charge in [-0.3, -0.25) is 19.7 Å². The van der Waals surface area contributed by atoms with Gasteiger partial charge in [0.1, 0.15) is 12.3 Å². The summed E-state index contributed by atoms with van der Waals surface area (Å²) in [5, 5.41) is 17.8. The number of fused-ring (bicyclic) bond motifs is 1. The van der Waals surface area contributed by atoms with Crippen molar-refractivity contribution in [3.05, 3.63) is 37.1 Å². The number of carbonyl (C=O) groups is 2. The van der Waals surface area contributed by atoms with Crippen LogP contribution in [-0.2, 0) is 9.59 Å². The fraction of sp³-hybridized carbons (Fsp3) is 0.429. The average molecular weight is 320 g/mol. The molecule has 1 aliphatic carbocycles. The third kappa shape index (κ3) is 3.17. The lowest BCUT2D eigenvalue weighted by Gasteiger charge is -2.16. The molecule has 1 aromatic rings. The van der Waals surface area contributed by atoms with Gasteiger partial charge >= 0.3 is 0 Å². The molecule has 1 N–H and O–H groups in total. The molecule has 0 aliphatic heterocycles. The number of hydrogen-bond donors (Lipinski definition) is 1. The summed E-state index contributed by atoms with van der Waals surface area (Å²) in [4.78, 5) is 45.6. The van der Waals surface area contributed by atoms with Gasteiger partial charge in [0.25, 0.3) is 11.3 Å². The SMILES string of the molecule is CNC(=O)C(CCC=O)n1ncc2c(c1=O)=CCCC=2[N+](=O)[O-]. The molecule has 1 amide bonds. The summed E-state index contributed by atoms with van der Waals surface area (Å²) in [7, 11) is 1.42. The van der Waals surface area contributed by atoms with Crippen LogP contribution in [0.1, 0.15) is 31.7 Å². The Morgan fingerprint density at radius 2 is 2.35 bits per heavy atom. The number of nitrogens with one attached hydrogen (secondary N) is 1. The highest BCUT2D eigenvalue weighted by Crippen LogP contribution is 2.10. The van der Waals surface area contributed by atoms with E-state index in [9.17, 15) is 24.5 Å². The minimum absolute atomic E-state index is 0.0522. The van der Waals surface area contributed by atoms with Crippen molar-refractivity contribution in [1.82, 2.24) is 15.1 Å². The molecule has 9 nitrogen and oxygen atoms in total. The van der Waals surface area contributed by atoms with Crippen LogP contribution in [0.25, 0.3) is 11.8 Å². The zero-order valence-corrected chi connectivity index (χ0v) is 12.5. The van der Waals surface area contributed by atoms with Gasteiger partial charge in [-0.05, 0) is 12.8 Å². The van der Waals surface area contributed by atoms with Crippen molar-refractivity contribution in [2.24, 2.45) is 0 Å². The Morgan fingerprint density at radius 3 is 2.96 bits per heavy atom. The standard InChI is InChI=1S/C14H16N4O5/c1-15-13(20)12(6-3-7-19)17-14(21)9-4-2-5-11(18(22)23)10(9)8-16-17/h4,7-8,12H,2-3,5-6H2,1H3,(H,15,20). The fourth-order valence-electron chi connectivity index (χ4n) is 2.56. The first-order valence-electron chi connectivity index (χ1n) is 7.12. The van der Waals surface area contributed by atoms with E-state index in [4.69, 9.17) is 0 Å². The van der Waals surface area contributed by atoms with Crippen molar-refractivity contribution < 1.29 is 14.5 Å². The van der Waals surface area contributed by atoms with Crippen molar-refractivity contribution in [3.63, 3.8) is 0 Å². The Bertz CT molecular complexity index is 827. The first-order valence-corrected chi connectivity index (χ1v) is 7.12. The molecule has 0 spiro atoms. The third-order valence-corrected chi connectivity index (χ3v) is 3.70. The van der Waals surface area contributed by atoms with Crippen LogP contribution < -0.4 is 21.3 Å². The zero-order valence-electron chi connectivity index (χ0n) is 12.5. The van der Waals surface area contributed by atoms with Crippen LogP contribution in [0.4, 0.5) is 0 Å². The maximum Gasteiger partial charge on any atom is 0.275 e. The molecule has 1 atom stereocenters. The number of likely N-dealkylation sites (N-methyl/N-ethyl adjacent to an activating group) is 1. The van der Waals surface area contributed by atoms with E-state index in [0.29, 0.717) is 12.7 Å². The molecule has 0 radical (unpaired) electrons. The molecule has 0 saturated heterocycles. The number of nitro groups is 1. The van der Waals surface area contributed by atoms with Gasteiger partial charge in [0.05, 0.1) is 21.6 Å². The Labute approximate surface area is 130 Å². The third-order valence-electron chi connectivity index (χ3n) is 3.70. The van der Waals surface area contributed by atoms with Gasteiger partial charge in [0.15, 0.2) is 0 Å². The number of amides is 1. The van der Waals surface area contributed by atoms with Crippen molar-refractivity contribution in [2.45, 2.75) is 31.7 Å². The average Bonchev–Trinajstić information content (AvgIpc) is 2.55. The van der Waals surface area contributed by atoms with Crippen LogP contribution in [0.15, 0.2) is 11.0 Å². The molecule has 0 bridgehead atoms. The smallest absolute Gasteiger partial charge is 0.275 e. The Balaban J connectivity index is 2.65.